The summed E-state index contributed by atoms with van der Waals surface area (Å²) < 4.78 is 4.98. The van der Waals surface area contributed by atoms with Gasteiger partial charge in [-0.05, 0) is 12.8 Å². The van der Waals surface area contributed by atoms with E-state index in [0.29, 0.717) is 5.69 Å². The predicted molar refractivity (Wildman–Crippen MR) is 49.7 cm³/mol. The van der Waals surface area contributed by atoms with E-state index in [9.17, 15) is 4.79 Å². The Morgan fingerprint density at radius 1 is 1.57 bits per heavy atom. The van der Waals surface area contributed by atoms with Crippen molar-refractivity contribution >= 4 is 17.3 Å². The van der Waals surface area contributed by atoms with Crippen molar-refractivity contribution in [3.8, 4) is 0 Å². The SMILES string of the molecule is O=C(O)c1occ2c1NC1(CC1)CN2. The van der Waals surface area contributed by atoms with E-state index in [1.165, 1.54) is 6.26 Å². The van der Waals surface area contributed by atoms with Crippen LogP contribution in [0.5, 0.6) is 0 Å². The fraction of sp³-hybridized carbons (Fsp3) is 0.444. The lowest BCUT2D eigenvalue weighted by molar-refractivity contribution is 0.0664. The average molecular weight is 194 g/mol. The summed E-state index contributed by atoms with van der Waals surface area (Å²) in [5.74, 6) is -1.03. The highest BCUT2D eigenvalue weighted by Crippen LogP contribution is 2.45. The molecule has 1 aliphatic carbocycles. The number of nitrogens with one attached hydrogen (secondary N) is 2. The van der Waals surface area contributed by atoms with Gasteiger partial charge < -0.3 is 20.2 Å². The van der Waals surface area contributed by atoms with Crippen molar-refractivity contribution in [1.29, 1.82) is 0 Å². The number of hydrogen-bond acceptors (Lipinski definition) is 4. The minimum absolute atomic E-state index is 0.00141. The third-order valence-corrected chi connectivity index (χ3v) is 2.85. The lowest BCUT2D eigenvalue weighted by atomic mass is 10.1. The van der Waals surface area contributed by atoms with Crippen LogP contribution in [-0.4, -0.2) is 23.2 Å². The second-order valence-corrected chi connectivity index (χ2v) is 3.92. The molecule has 2 aliphatic rings. The van der Waals surface area contributed by atoms with Crippen molar-refractivity contribution in [3.05, 3.63) is 12.0 Å². The van der Waals surface area contributed by atoms with Gasteiger partial charge in [-0.25, -0.2) is 4.79 Å². The molecular formula is C9H10N2O3. The van der Waals surface area contributed by atoms with Crippen LogP contribution >= 0.6 is 0 Å². The highest BCUT2D eigenvalue weighted by Gasteiger charge is 2.46. The smallest absolute Gasteiger partial charge is 0.374 e. The number of anilines is 2. The zero-order valence-corrected chi connectivity index (χ0v) is 7.46. The van der Waals surface area contributed by atoms with Gasteiger partial charge in [-0.1, -0.05) is 0 Å². The molecule has 1 spiro atoms. The van der Waals surface area contributed by atoms with Crippen LogP contribution in [0, 0.1) is 0 Å². The van der Waals surface area contributed by atoms with Crippen molar-refractivity contribution in [2.75, 3.05) is 17.2 Å². The number of carbonyl (C=O) groups is 1. The van der Waals surface area contributed by atoms with Gasteiger partial charge >= 0.3 is 5.97 Å². The van der Waals surface area contributed by atoms with Crippen LogP contribution in [0.15, 0.2) is 10.7 Å². The molecule has 0 saturated heterocycles. The summed E-state index contributed by atoms with van der Waals surface area (Å²) in [5, 5.41) is 15.3. The molecule has 5 nitrogen and oxygen atoms in total. The van der Waals surface area contributed by atoms with Gasteiger partial charge in [0.25, 0.3) is 0 Å². The topological polar surface area (TPSA) is 74.5 Å². The van der Waals surface area contributed by atoms with E-state index < -0.39 is 5.97 Å². The molecule has 0 unspecified atom stereocenters. The minimum atomic E-state index is -1.03. The van der Waals surface area contributed by atoms with Gasteiger partial charge in [-0.15, -0.1) is 0 Å². The van der Waals surface area contributed by atoms with E-state index in [-0.39, 0.29) is 11.3 Å². The normalized spacial score (nSPS) is 20.9. The minimum Gasteiger partial charge on any atom is -0.475 e. The summed E-state index contributed by atoms with van der Waals surface area (Å²) in [6.07, 6.45) is 3.62. The summed E-state index contributed by atoms with van der Waals surface area (Å²) in [5.41, 5.74) is 1.43. The van der Waals surface area contributed by atoms with E-state index in [4.69, 9.17) is 9.52 Å². The van der Waals surface area contributed by atoms with E-state index in [0.717, 1.165) is 25.1 Å². The summed E-state index contributed by atoms with van der Waals surface area (Å²) in [6.45, 7) is 0.846. The first-order valence-corrected chi connectivity index (χ1v) is 4.57. The Kier molecular flexibility index (Phi) is 1.23. The summed E-state index contributed by atoms with van der Waals surface area (Å²) in [6, 6.07) is 0. The maximum Gasteiger partial charge on any atom is 0.374 e. The molecule has 1 aliphatic heterocycles. The molecule has 1 fully saturated rings. The number of furan rings is 1. The molecule has 14 heavy (non-hydrogen) atoms. The van der Waals surface area contributed by atoms with Crippen molar-refractivity contribution in [3.63, 3.8) is 0 Å². The second kappa shape index (κ2) is 2.23. The molecule has 0 atom stereocenters. The van der Waals surface area contributed by atoms with Crippen LogP contribution in [0.1, 0.15) is 23.4 Å². The first kappa shape index (κ1) is 7.73. The Labute approximate surface area is 80.1 Å². The van der Waals surface area contributed by atoms with E-state index in [1.54, 1.807) is 0 Å². The highest BCUT2D eigenvalue weighted by molar-refractivity contribution is 5.96. The fourth-order valence-corrected chi connectivity index (χ4v) is 1.80. The number of carboxylic acid groups (broad SMARTS) is 1. The number of fused-ring (bicyclic) bond motifs is 1. The maximum atomic E-state index is 10.8. The van der Waals surface area contributed by atoms with Gasteiger partial charge in [0.1, 0.15) is 12.0 Å². The Hall–Kier alpha value is -1.65. The molecule has 3 N–H and O–H groups in total. The van der Waals surface area contributed by atoms with Crippen LogP contribution in [0.2, 0.25) is 0 Å². The summed E-state index contributed by atoms with van der Waals surface area (Å²) in [7, 11) is 0. The molecule has 1 aromatic rings. The van der Waals surface area contributed by atoms with E-state index >= 15 is 0 Å². The molecule has 3 rings (SSSR count). The third-order valence-electron chi connectivity index (χ3n) is 2.85. The maximum absolute atomic E-state index is 10.8. The molecule has 0 radical (unpaired) electrons. The summed E-state index contributed by atoms with van der Waals surface area (Å²) in [4.78, 5) is 10.8. The monoisotopic (exact) mass is 194 g/mol. The average Bonchev–Trinajstić information content (AvgIpc) is 2.77. The second-order valence-electron chi connectivity index (χ2n) is 3.92. The Morgan fingerprint density at radius 2 is 2.36 bits per heavy atom. The molecule has 1 aromatic heterocycles. The zero-order chi connectivity index (χ0) is 9.76. The van der Waals surface area contributed by atoms with Gasteiger partial charge in [0.15, 0.2) is 0 Å². The Morgan fingerprint density at radius 3 is 3.00 bits per heavy atom. The van der Waals surface area contributed by atoms with Crippen LogP contribution in [0.3, 0.4) is 0 Å². The predicted octanol–water partition coefficient (Wildman–Crippen LogP) is 1.35. The van der Waals surface area contributed by atoms with Crippen LogP contribution < -0.4 is 10.6 Å². The molecular weight excluding hydrogens is 184 g/mol. The number of aromatic carboxylic acids is 1. The largest absolute Gasteiger partial charge is 0.475 e. The first-order valence-electron chi connectivity index (χ1n) is 4.57. The quantitative estimate of drug-likeness (QED) is 0.629. The van der Waals surface area contributed by atoms with Crippen LogP contribution in [0.25, 0.3) is 0 Å². The molecule has 0 amide bonds. The van der Waals surface area contributed by atoms with Gasteiger partial charge in [0.05, 0.1) is 11.2 Å². The van der Waals surface area contributed by atoms with Crippen molar-refractivity contribution < 1.29 is 14.3 Å². The standard InChI is InChI=1S/C9H10N2O3/c12-8(13)7-6-5(3-14-7)10-4-9(11-6)1-2-9/h3,10-11H,1-2,4H2,(H,12,13). The fourth-order valence-electron chi connectivity index (χ4n) is 1.80. The molecule has 0 bridgehead atoms. The number of carboxylic acids is 1. The molecule has 1 saturated carbocycles. The lowest BCUT2D eigenvalue weighted by Gasteiger charge is -2.25. The van der Waals surface area contributed by atoms with Crippen molar-refractivity contribution in [2.45, 2.75) is 18.4 Å². The molecule has 74 valence electrons. The first-order chi connectivity index (χ1) is 6.70. The van der Waals surface area contributed by atoms with Crippen LogP contribution in [-0.2, 0) is 0 Å². The van der Waals surface area contributed by atoms with E-state index in [1.807, 2.05) is 0 Å². The number of hydrogen-bond donors (Lipinski definition) is 3. The van der Waals surface area contributed by atoms with E-state index in [2.05, 4.69) is 10.6 Å². The van der Waals surface area contributed by atoms with Crippen LogP contribution in [0.4, 0.5) is 11.4 Å². The van der Waals surface area contributed by atoms with Crippen molar-refractivity contribution in [2.24, 2.45) is 0 Å². The van der Waals surface area contributed by atoms with Gasteiger partial charge in [-0.3, -0.25) is 0 Å². The zero-order valence-electron chi connectivity index (χ0n) is 7.46. The summed E-state index contributed by atoms with van der Waals surface area (Å²) >= 11 is 0. The number of rotatable bonds is 1. The third kappa shape index (κ3) is 0.921. The molecule has 2 heterocycles. The highest BCUT2D eigenvalue weighted by atomic mass is 16.4. The lowest BCUT2D eigenvalue weighted by Crippen LogP contribution is -2.34. The van der Waals surface area contributed by atoms with Gasteiger partial charge in [-0.2, -0.15) is 0 Å². The molecule has 5 heteroatoms. The van der Waals surface area contributed by atoms with Gasteiger partial charge in [0.2, 0.25) is 5.76 Å². The Balaban J connectivity index is 2.03. The Bertz CT molecular complexity index is 406. The van der Waals surface area contributed by atoms with Crippen molar-refractivity contribution in [1.82, 2.24) is 0 Å². The van der Waals surface area contributed by atoms with Gasteiger partial charge in [0, 0.05) is 6.54 Å². The molecule has 0 aromatic carbocycles.